The van der Waals surface area contributed by atoms with E-state index in [4.69, 9.17) is 10.5 Å². The van der Waals surface area contributed by atoms with Gasteiger partial charge in [0.05, 0.1) is 19.0 Å². The third kappa shape index (κ3) is 3.69. The van der Waals surface area contributed by atoms with Gasteiger partial charge in [-0.15, -0.1) is 0 Å². The standard InChI is InChI=1S/C14H20N4O3/c1-8-5-9(3-4-16-8)13(20)18-10-6-11(12(15)19)14(21-2)17-7-10/h6-9,16H,3-5H2,1-2H3,(H2,15,19)(H,18,20)/t8-,9-/m0/s1. The van der Waals surface area contributed by atoms with Gasteiger partial charge in [-0.05, 0) is 32.4 Å². The Morgan fingerprint density at radius 3 is 2.90 bits per heavy atom. The number of nitrogens with zero attached hydrogens (tertiary/aromatic N) is 1. The summed E-state index contributed by atoms with van der Waals surface area (Å²) < 4.78 is 4.96. The minimum absolute atomic E-state index is 0.0413. The Morgan fingerprint density at radius 1 is 1.52 bits per heavy atom. The monoisotopic (exact) mass is 292 g/mol. The molecule has 1 aliphatic heterocycles. The van der Waals surface area contributed by atoms with Crippen molar-refractivity contribution in [2.24, 2.45) is 11.7 Å². The molecular formula is C14H20N4O3. The van der Waals surface area contributed by atoms with Gasteiger partial charge in [0.25, 0.3) is 5.91 Å². The first kappa shape index (κ1) is 15.2. The molecule has 1 fully saturated rings. The van der Waals surface area contributed by atoms with Gasteiger partial charge in [0, 0.05) is 12.0 Å². The number of methoxy groups -OCH3 is 1. The molecule has 1 aromatic rings. The van der Waals surface area contributed by atoms with Crippen LogP contribution in [-0.2, 0) is 4.79 Å². The number of carbonyl (C=O) groups is 2. The van der Waals surface area contributed by atoms with Crippen molar-refractivity contribution in [2.45, 2.75) is 25.8 Å². The van der Waals surface area contributed by atoms with E-state index in [1.54, 1.807) is 0 Å². The molecule has 0 saturated carbocycles. The zero-order valence-electron chi connectivity index (χ0n) is 12.2. The van der Waals surface area contributed by atoms with Gasteiger partial charge >= 0.3 is 0 Å². The first-order valence-corrected chi connectivity index (χ1v) is 6.89. The molecule has 0 aromatic carbocycles. The van der Waals surface area contributed by atoms with E-state index in [0.717, 1.165) is 19.4 Å². The number of anilines is 1. The molecule has 2 heterocycles. The third-order valence-electron chi connectivity index (χ3n) is 3.57. The van der Waals surface area contributed by atoms with Crippen LogP contribution < -0.4 is 21.1 Å². The highest BCUT2D eigenvalue weighted by Crippen LogP contribution is 2.21. The zero-order chi connectivity index (χ0) is 15.4. The van der Waals surface area contributed by atoms with E-state index in [-0.39, 0.29) is 23.3 Å². The zero-order valence-corrected chi connectivity index (χ0v) is 12.2. The van der Waals surface area contributed by atoms with Gasteiger partial charge in [-0.3, -0.25) is 9.59 Å². The van der Waals surface area contributed by atoms with E-state index in [1.165, 1.54) is 19.4 Å². The highest BCUT2D eigenvalue weighted by atomic mass is 16.5. The molecule has 1 aromatic heterocycles. The smallest absolute Gasteiger partial charge is 0.254 e. The van der Waals surface area contributed by atoms with Crippen molar-refractivity contribution < 1.29 is 14.3 Å². The molecule has 7 heteroatoms. The highest BCUT2D eigenvalue weighted by Gasteiger charge is 2.25. The van der Waals surface area contributed by atoms with Crippen molar-refractivity contribution in [1.82, 2.24) is 10.3 Å². The number of aromatic nitrogens is 1. The van der Waals surface area contributed by atoms with E-state index in [9.17, 15) is 9.59 Å². The number of piperidine rings is 1. The van der Waals surface area contributed by atoms with Crippen LogP contribution in [0.4, 0.5) is 5.69 Å². The number of carbonyl (C=O) groups excluding carboxylic acids is 2. The summed E-state index contributed by atoms with van der Waals surface area (Å²) in [5.74, 6) is -0.604. The lowest BCUT2D eigenvalue weighted by Gasteiger charge is -2.27. The van der Waals surface area contributed by atoms with Gasteiger partial charge in [0.15, 0.2) is 0 Å². The fourth-order valence-electron chi connectivity index (χ4n) is 2.47. The predicted octanol–water partition coefficient (Wildman–Crippen LogP) is 0.516. The molecular weight excluding hydrogens is 272 g/mol. The summed E-state index contributed by atoms with van der Waals surface area (Å²) in [6.45, 7) is 2.88. The maximum atomic E-state index is 12.2. The van der Waals surface area contributed by atoms with Crippen molar-refractivity contribution >= 4 is 17.5 Å². The van der Waals surface area contributed by atoms with Crippen LogP contribution in [-0.4, -0.2) is 36.5 Å². The van der Waals surface area contributed by atoms with Crippen molar-refractivity contribution in [3.05, 3.63) is 17.8 Å². The van der Waals surface area contributed by atoms with Gasteiger partial charge in [-0.25, -0.2) is 4.98 Å². The summed E-state index contributed by atoms with van der Waals surface area (Å²) in [6.07, 6.45) is 3.04. The Bertz CT molecular complexity index is 547. The average Bonchev–Trinajstić information content (AvgIpc) is 2.47. The third-order valence-corrected chi connectivity index (χ3v) is 3.57. The van der Waals surface area contributed by atoms with Gasteiger partial charge in [-0.1, -0.05) is 0 Å². The second-order valence-corrected chi connectivity index (χ2v) is 5.21. The Kier molecular flexibility index (Phi) is 4.74. The van der Waals surface area contributed by atoms with E-state index in [2.05, 4.69) is 22.5 Å². The van der Waals surface area contributed by atoms with Crippen LogP contribution in [0.5, 0.6) is 5.88 Å². The lowest BCUT2D eigenvalue weighted by atomic mass is 9.92. The molecule has 1 saturated heterocycles. The number of primary amides is 1. The molecule has 0 unspecified atom stereocenters. The van der Waals surface area contributed by atoms with Crippen molar-refractivity contribution in [1.29, 1.82) is 0 Å². The minimum atomic E-state index is -0.647. The molecule has 0 bridgehead atoms. The molecule has 1 aliphatic rings. The summed E-state index contributed by atoms with van der Waals surface area (Å²) in [5.41, 5.74) is 5.86. The van der Waals surface area contributed by atoms with Crippen LogP contribution in [0.25, 0.3) is 0 Å². The van der Waals surface area contributed by atoms with Crippen molar-refractivity contribution in [2.75, 3.05) is 19.0 Å². The first-order valence-electron chi connectivity index (χ1n) is 6.89. The average molecular weight is 292 g/mol. The maximum absolute atomic E-state index is 12.2. The Balaban J connectivity index is 2.10. The topological polar surface area (TPSA) is 106 Å². The Hall–Kier alpha value is -2.15. The van der Waals surface area contributed by atoms with E-state index in [1.807, 2.05) is 0 Å². The summed E-state index contributed by atoms with van der Waals surface area (Å²) in [5, 5.41) is 6.09. The van der Waals surface area contributed by atoms with Gasteiger partial charge in [0.1, 0.15) is 5.56 Å². The molecule has 114 valence electrons. The first-order chi connectivity index (χ1) is 10.0. The number of amides is 2. The Morgan fingerprint density at radius 2 is 2.29 bits per heavy atom. The van der Waals surface area contributed by atoms with E-state index >= 15 is 0 Å². The summed E-state index contributed by atoms with van der Waals surface area (Å²) in [6, 6.07) is 1.81. The number of pyridine rings is 1. The summed E-state index contributed by atoms with van der Waals surface area (Å²) in [4.78, 5) is 27.6. The maximum Gasteiger partial charge on any atom is 0.254 e. The number of nitrogens with one attached hydrogen (secondary N) is 2. The van der Waals surface area contributed by atoms with Crippen molar-refractivity contribution in [3.63, 3.8) is 0 Å². The number of nitrogens with two attached hydrogens (primary N) is 1. The SMILES string of the molecule is COc1ncc(NC(=O)[C@H]2CCN[C@@H](C)C2)cc1C(N)=O. The molecule has 0 aliphatic carbocycles. The molecule has 0 radical (unpaired) electrons. The lowest BCUT2D eigenvalue weighted by Crippen LogP contribution is -2.40. The number of rotatable bonds is 4. The lowest BCUT2D eigenvalue weighted by molar-refractivity contribution is -0.120. The van der Waals surface area contributed by atoms with Crippen LogP contribution >= 0.6 is 0 Å². The van der Waals surface area contributed by atoms with Gasteiger partial charge < -0.3 is 21.1 Å². The van der Waals surface area contributed by atoms with Crippen molar-refractivity contribution in [3.8, 4) is 5.88 Å². The van der Waals surface area contributed by atoms with Crippen LogP contribution in [0.1, 0.15) is 30.1 Å². The fourth-order valence-corrected chi connectivity index (χ4v) is 2.47. The fraction of sp³-hybridized carbons (Fsp3) is 0.500. The van der Waals surface area contributed by atoms with Crippen LogP contribution in [0.15, 0.2) is 12.3 Å². The number of hydrogen-bond donors (Lipinski definition) is 3. The normalized spacial score (nSPS) is 21.6. The molecule has 2 atom stereocenters. The largest absolute Gasteiger partial charge is 0.480 e. The predicted molar refractivity (Wildman–Crippen MR) is 78.1 cm³/mol. The van der Waals surface area contributed by atoms with Gasteiger partial charge in [-0.2, -0.15) is 0 Å². The van der Waals surface area contributed by atoms with E-state index in [0.29, 0.717) is 11.7 Å². The molecule has 2 amide bonds. The summed E-state index contributed by atoms with van der Waals surface area (Å²) in [7, 11) is 1.41. The number of ether oxygens (including phenoxy) is 1. The summed E-state index contributed by atoms with van der Waals surface area (Å²) >= 11 is 0. The van der Waals surface area contributed by atoms with E-state index < -0.39 is 5.91 Å². The second-order valence-electron chi connectivity index (χ2n) is 5.21. The molecule has 21 heavy (non-hydrogen) atoms. The number of hydrogen-bond acceptors (Lipinski definition) is 5. The second kappa shape index (κ2) is 6.53. The minimum Gasteiger partial charge on any atom is -0.480 e. The molecule has 4 N–H and O–H groups in total. The van der Waals surface area contributed by atoms with Crippen LogP contribution in [0, 0.1) is 5.92 Å². The molecule has 0 spiro atoms. The quantitative estimate of drug-likeness (QED) is 0.750. The molecule has 2 rings (SSSR count). The van der Waals surface area contributed by atoms with Gasteiger partial charge in [0.2, 0.25) is 11.8 Å². The Labute approximate surface area is 123 Å². The highest BCUT2D eigenvalue weighted by molar-refractivity contribution is 5.98. The van der Waals surface area contributed by atoms with Crippen LogP contribution in [0.3, 0.4) is 0 Å². The van der Waals surface area contributed by atoms with Crippen LogP contribution in [0.2, 0.25) is 0 Å². The molecule has 7 nitrogen and oxygen atoms in total.